The normalized spacial score (nSPS) is 33.1. The molecule has 1 aliphatic rings. The average Bonchev–Trinajstić information content (AvgIpc) is 2.63. The Labute approximate surface area is 65.6 Å². The van der Waals surface area contributed by atoms with E-state index in [-0.39, 0.29) is 0 Å². The summed E-state index contributed by atoms with van der Waals surface area (Å²) in [4.78, 5) is 0. The first-order valence-electron chi connectivity index (χ1n) is 3.84. The summed E-state index contributed by atoms with van der Waals surface area (Å²) in [5.41, 5.74) is 2.95. The fourth-order valence-electron chi connectivity index (χ4n) is 1.33. The standard InChI is InChI=1S/C9H15P/c1-6-4-9(6)8(3)7(2)5-10/h5-6,9-10H,4H2,1-3H3/b8-7+. The molecule has 56 valence electrons. The maximum absolute atomic E-state index is 3.39. The van der Waals surface area contributed by atoms with Gasteiger partial charge in [0, 0.05) is 0 Å². The van der Waals surface area contributed by atoms with Crippen molar-refractivity contribution in [2.75, 3.05) is 0 Å². The SMILES string of the molecule is C/C(C=P)=C(/C)C1CC1C. The van der Waals surface area contributed by atoms with Crippen LogP contribution in [-0.2, 0) is 0 Å². The van der Waals surface area contributed by atoms with Crippen LogP contribution >= 0.6 is 8.86 Å². The molecule has 0 aromatic carbocycles. The molecule has 0 spiro atoms. The monoisotopic (exact) mass is 154 g/mol. The van der Waals surface area contributed by atoms with Gasteiger partial charge in [-0.25, -0.2) is 0 Å². The lowest BCUT2D eigenvalue weighted by Gasteiger charge is -1.99. The summed E-state index contributed by atoms with van der Waals surface area (Å²) in [7, 11) is 3.39. The molecule has 1 rings (SSSR count). The lowest BCUT2D eigenvalue weighted by atomic mass is 10.1. The second kappa shape index (κ2) is 2.88. The van der Waals surface area contributed by atoms with E-state index in [2.05, 4.69) is 29.6 Å². The molecule has 0 aromatic heterocycles. The minimum atomic E-state index is 0.882. The van der Waals surface area contributed by atoms with Crippen LogP contribution in [0.25, 0.3) is 0 Å². The highest BCUT2D eigenvalue weighted by molar-refractivity contribution is 7.19. The van der Waals surface area contributed by atoms with Gasteiger partial charge in [-0.05, 0) is 43.5 Å². The third kappa shape index (κ3) is 1.49. The Hall–Kier alpha value is -0.0900. The van der Waals surface area contributed by atoms with Crippen molar-refractivity contribution >= 4 is 14.7 Å². The quantitative estimate of drug-likeness (QED) is 0.536. The van der Waals surface area contributed by atoms with E-state index in [4.69, 9.17) is 0 Å². The van der Waals surface area contributed by atoms with E-state index in [1.54, 1.807) is 5.57 Å². The van der Waals surface area contributed by atoms with Gasteiger partial charge < -0.3 is 0 Å². The van der Waals surface area contributed by atoms with Crippen LogP contribution in [0.1, 0.15) is 27.2 Å². The first-order valence-corrected chi connectivity index (χ1v) is 4.42. The molecule has 2 unspecified atom stereocenters. The summed E-state index contributed by atoms with van der Waals surface area (Å²) in [5.74, 6) is 3.83. The van der Waals surface area contributed by atoms with Gasteiger partial charge in [-0.1, -0.05) is 12.5 Å². The van der Waals surface area contributed by atoms with Crippen LogP contribution in [0, 0.1) is 11.8 Å². The van der Waals surface area contributed by atoms with Gasteiger partial charge in [0.25, 0.3) is 0 Å². The van der Waals surface area contributed by atoms with Gasteiger partial charge in [0.05, 0.1) is 0 Å². The van der Waals surface area contributed by atoms with Gasteiger partial charge >= 0.3 is 0 Å². The highest BCUT2D eigenvalue weighted by atomic mass is 31.0. The third-order valence-corrected chi connectivity index (χ3v) is 2.94. The number of hydrogen-bond acceptors (Lipinski definition) is 0. The molecule has 2 atom stereocenters. The molecular weight excluding hydrogens is 139 g/mol. The van der Waals surface area contributed by atoms with Gasteiger partial charge in [0.2, 0.25) is 0 Å². The molecule has 1 saturated carbocycles. The van der Waals surface area contributed by atoms with Crippen molar-refractivity contribution < 1.29 is 0 Å². The Bertz CT molecular complexity index is 179. The average molecular weight is 154 g/mol. The molecule has 0 aliphatic heterocycles. The number of allylic oxidation sites excluding steroid dienone is 2. The fourth-order valence-corrected chi connectivity index (χ4v) is 1.56. The van der Waals surface area contributed by atoms with E-state index in [1.807, 2.05) is 5.80 Å². The van der Waals surface area contributed by atoms with Crippen LogP contribution in [0.2, 0.25) is 0 Å². The molecule has 1 aliphatic carbocycles. The van der Waals surface area contributed by atoms with E-state index < -0.39 is 0 Å². The smallest absolute Gasteiger partial charge is 0.0171 e. The lowest BCUT2D eigenvalue weighted by molar-refractivity contribution is 0.850. The molecule has 0 amide bonds. The summed E-state index contributed by atoms with van der Waals surface area (Å²) in [5, 5.41) is 0. The second-order valence-corrected chi connectivity index (χ2v) is 3.62. The summed E-state index contributed by atoms with van der Waals surface area (Å²) in [6.07, 6.45) is 1.39. The first kappa shape index (κ1) is 8.01. The van der Waals surface area contributed by atoms with Gasteiger partial charge in [0.1, 0.15) is 0 Å². The van der Waals surface area contributed by atoms with Crippen molar-refractivity contribution in [3.05, 3.63) is 11.1 Å². The van der Waals surface area contributed by atoms with Gasteiger partial charge in [-0.3, -0.25) is 0 Å². The van der Waals surface area contributed by atoms with Crippen molar-refractivity contribution in [1.29, 1.82) is 0 Å². The Morgan fingerprint density at radius 3 is 2.30 bits per heavy atom. The Balaban J connectivity index is 2.63. The fraction of sp³-hybridized carbons (Fsp3) is 0.667. The van der Waals surface area contributed by atoms with E-state index in [9.17, 15) is 0 Å². The predicted molar refractivity (Wildman–Crippen MR) is 50.0 cm³/mol. The lowest BCUT2D eigenvalue weighted by Crippen LogP contribution is -1.87. The van der Waals surface area contributed by atoms with Crippen LogP contribution in [0.15, 0.2) is 11.1 Å². The van der Waals surface area contributed by atoms with Crippen molar-refractivity contribution in [2.24, 2.45) is 11.8 Å². The molecule has 0 heterocycles. The zero-order chi connectivity index (χ0) is 7.72. The first-order chi connectivity index (χ1) is 4.66. The highest BCUT2D eigenvalue weighted by Crippen LogP contribution is 2.44. The van der Waals surface area contributed by atoms with Crippen LogP contribution in [0.4, 0.5) is 0 Å². The van der Waals surface area contributed by atoms with Crippen LogP contribution in [0.5, 0.6) is 0 Å². The molecule has 0 radical (unpaired) electrons. The van der Waals surface area contributed by atoms with Crippen LogP contribution < -0.4 is 0 Å². The molecule has 10 heavy (non-hydrogen) atoms. The Kier molecular flexibility index (Phi) is 2.31. The highest BCUT2D eigenvalue weighted by Gasteiger charge is 2.34. The van der Waals surface area contributed by atoms with Crippen molar-refractivity contribution in [3.8, 4) is 0 Å². The van der Waals surface area contributed by atoms with Gasteiger partial charge in [-0.2, -0.15) is 0 Å². The summed E-state index contributed by atoms with van der Waals surface area (Å²) >= 11 is 0. The van der Waals surface area contributed by atoms with Gasteiger partial charge in [0.15, 0.2) is 0 Å². The topological polar surface area (TPSA) is 0 Å². The van der Waals surface area contributed by atoms with Gasteiger partial charge in [-0.15, -0.1) is 8.86 Å². The Morgan fingerprint density at radius 1 is 1.50 bits per heavy atom. The molecule has 0 bridgehead atoms. The van der Waals surface area contributed by atoms with Crippen LogP contribution in [-0.4, -0.2) is 5.80 Å². The maximum Gasteiger partial charge on any atom is -0.0171 e. The maximum atomic E-state index is 3.39. The zero-order valence-electron chi connectivity index (χ0n) is 6.94. The Morgan fingerprint density at radius 2 is 2.00 bits per heavy atom. The van der Waals surface area contributed by atoms with Crippen molar-refractivity contribution in [1.82, 2.24) is 0 Å². The third-order valence-electron chi connectivity index (χ3n) is 2.50. The molecule has 0 nitrogen and oxygen atoms in total. The minimum absolute atomic E-state index is 0.882. The summed E-state index contributed by atoms with van der Waals surface area (Å²) < 4.78 is 0. The number of rotatable bonds is 2. The summed E-state index contributed by atoms with van der Waals surface area (Å²) in [6.45, 7) is 6.71. The van der Waals surface area contributed by atoms with Crippen LogP contribution in [0.3, 0.4) is 0 Å². The minimum Gasteiger partial charge on any atom is -0.122 e. The van der Waals surface area contributed by atoms with Crippen molar-refractivity contribution in [3.63, 3.8) is 0 Å². The predicted octanol–water partition coefficient (Wildman–Crippen LogP) is 2.92. The molecule has 0 aromatic rings. The molecule has 1 heteroatoms. The zero-order valence-corrected chi connectivity index (χ0v) is 7.94. The molecule has 0 N–H and O–H groups in total. The summed E-state index contributed by atoms with van der Waals surface area (Å²) in [6, 6.07) is 0. The molecular formula is C9H15P. The van der Waals surface area contributed by atoms with E-state index in [1.165, 1.54) is 12.0 Å². The van der Waals surface area contributed by atoms with E-state index >= 15 is 0 Å². The second-order valence-electron chi connectivity index (χ2n) is 3.33. The largest absolute Gasteiger partial charge is 0.122 e. The number of hydrogen-bond donors (Lipinski definition) is 0. The molecule has 0 saturated heterocycles. The van der Waals surface area contributed by atoms with E-state index in [0.717, 1.165) is 11.8 Å². The van der Waals surface area contributed by atoms with E-state index in [0.29, 0.717) is 0 Å². The van der Waals surface area contributed by atoms with Crippen molar-refractivity contribution in [2.45, 2.75) is 27.2 Å². The molecule has 1 fully saturated rings.